The molecule has 24 heavy (non-hydrogen) atoms. The summed E-state index contributed by atoms with van der Waals surface area (Å²) >= 11 is 0. The van der Waals surface area contributed by atoms with E-state index in [9.17, 15) is 9.90 Å². The maximum atomic E-state index is 12.5. The molecule has 4 atom stereocenters. The molecule has 1 aliphatic heterocycles. The van der Waals surface area contributed by atoms with E-state index in [-0.39, 0.29) is 30.2 Å². The topological polar surface area (TPSA) is 89.3 Å². The Morgan fingerprint density at radius 1 is 1.33 bits per heavy atom. The first-order valence-electron chi connectivity index (χ1n) is 8.95. The minimum atomic E-state index is -1.01. The summed E-state index contributed by atoms with van der Waals surface area (Å²) < 4.78 is 7.48. The molecule has 1 saturated carbocycles. The van der Waals surface area contributed by atoms with Crippen molar-refractivity contribution in [2.24, 2.45) is 0 Å². The number of amides is 1. The molecule has 134 valence electrons. The van der Waals surface area contributed by atoms with Gasteiger partial charge in [0.05, 0.1) is 24.4 Å². The second-order valence-electron chi connectivity index (χ2n) is 7.62. The first kappa shape index (κ1) is 17.4. The molecule has 2 fully saturated rings. The molecular weight excluding hydrogens is 308 g/mol. The van der Waals surface area contributed by atoms with E-state index >= 15 is 0 Å². The largest absolute Gasteiger partial charge is 0.384 e. The van der Waals surface area contributed by atoms with Gasteiger partial charge in [-0.1, -0.05) is 18.1 Å². The van der Waals surface area contributed by atoms with Crippen molar-refractivity contribution in [1.29, 1.82) is 0 Å². The first-order valence-corrected chi connectivity index (χ1v) is 8.95. The third kappa shape index (κ3) is 3.78. The van der Waals surface area contributed by atoms with Gasteiger partial charge in [0.15, 0.2) is 0 Å². The van der Waals surface area contributed by atoms with Gasteiger partial charge in [0.2, 0.25) is 5.91 Å². The summed E-state index contributed by atoms with van der Waals surface area (Å²) in [5.41, 5.74) is -0.467. The lowest BCUT2D eigenvalue weighted by Gasteiger charge is -2.32. The molecule has 2 heterocycles. The minimum absolute atomic E-state index is 0.0147. The average Bonchev–Trinajstić information content (AvgIpc) is 3.16. The second kappa shape index (κ2) is 6.80. The molecule has 3 rings (SSSR count). The summed E-state index contributed by atoms with van der Waals surface area (Å²) in [6, 6.07) is 0.104. The van der Waals surface area contributed by atoms with Crippen molar-refractivity contribution < 1.29 is 14.6 Å². The predicted octanol–water partition coefficient (Wildman–Crippen LogP) is 1.67. The van der Waals surface area contributed by atoms with Crippen molar-refractivity contribution in [2.75, 3.05) is 0 Å². The second-order valence-corrected chi connectivity index (χ2v) is 7.62. The molecule has 1 aliphatic carbocycles. The Labute approximate surface area is 142 Å². The number of hydrogen-bond acceptors (Lipinski definition) is 5. The third-order valence-electron chi connectivity index (χ3n) is 5.06. The van der Waals surface area contributed by atoms with Gasteiger partial charge in [-0.05, 0) is 46.5 Å². The molecule has 0 bridgehead atoms. The molecule has 0 unspecified atom stereocenters. The molecule has 0 aromatic carbocycles. The van der Waals surface area contributed by atoms with Gasteiger partial charge in [-0.3, -0.25) is 4.79 Å². The lowest BCUT2D eigenvalue weighted by Crippen LogP contribution is -2.47. The zero-order valence-electron chi connectivity index (χ0n) is 14.7. The van der Waals surface area contributed by atoms with Gasteiger partial charge in [0.1, 0.15) is 17.4 Å². The molecule has 1 aromatic heterocycles. The van der Waals surface area contributed by atoms with Crippen LogP contribution in [0, 0.1) is 0 Å². The van der Waals surface area contributed by atoms with Crippen LogP contribution >= 0.6 is 0 Å². The van der Waals surface area contributed by atoms with Crippen LogP contribution < -0.4 is 5.32 Å². The van der Waals surface area contributed by atoms with Crippen LogP contribution in [-0.2, 0) is 15.1 Å². The molecule has 2 N–H and O–H groups in total. The van der Waals surface area contributed by atoms with E-state index < -0.39 is 5.60 Å². The molecule has 2 aliphatic rings. The van der Waals surface area contributed by atoms with Crippen LogP contribution in [0.2, 0.25) is 0 Å². The molecule has 1 amide bonds. The zero-order valence-corrected chi connectivity index (χ0v) is 14.7. The van der Waals surface area contributed by atoms with Crippen LogP contribution in [0.3, 0.4) is 0 Å². The van der Waals surface area contributed by atoms with Crippen molar-refractivity contribution in [3.8, 4) is 0 Å². The minimum Gasteiger partial charge on any atom is -0.384 e. The van der Waals surface area contributed by atoms with E-state index in [4.69, 9.17) is 4.74 Å². The number of rotatable bonds is 4. The Hall–Kier alpha value is -1.47. The summed E-state index contributed by atoms with van der Waals surface area (Å²) in [5, 5.41) is 21.5. The Bertz CT molecular complexity index is 581. The standard InChI is InChI=1S/C17H28N4O3/c1-11-8-9-14(24-11)16(22)18-12-6-4-5-7-13(12)21-10-15(19-20-21)17(2,3)23/h10-14,23H,4-9H2,1-3H3,(H,18,22)/t11-,12-,13+,14-/m0/s1. The number of nitrogens with zero attached hydrogens (tertiary/aromatic N) is 3. The van der Waals surface area contributed by atoms with E-state index in [0.717, 1.165) is 38.5 Å². The molecule has 7 heteroatoms. The lowest BCUT2D eigenvalue weighted by molar-refractivity contribution is -0.133. The van der Waals surface area contributed by atoms with Gasteiger partial charge in [-0.25, -0.2) is 4.68 Å². The van der Waals surface area contributed by atoms with Crippen LogP contribution in [0.5, 0.6) is 0 Å². The quantitative estimate of drug-likeness (QED) is 0.873. The smallest absolute Gasteiger partial charge is 0.249 e. The fraction of sp³-hybridized carbons (Fsp3) is 0.824. The van der Waals surface area contributed by atoms with Crippen LogP contribution in [0.25, 0.3) is 0 Å². The van der Waals surface area contributed by atoms with Crippen molar-refractivity contribution in [1.82, 2.24) is 20.3 Å². The molecule has 0 spiro atoms. The van der Waals surface area contributed by atoms with Crippen LogP contribution in [-0.4, -0.2) is 44.3 Å². The summed E-state index contributed by atoms with van der Waals surface area (Å²) in [4.78, 5) is 12.5. The molecule has 1 saturated heterocycles. The highest BCUT2D eigenvalue weighted by Gasteiger charge is 2.34. The van der Waals surface area contributed by atoms with Gasteiger partial charge in [-0.15, -0.1) is 5.10 Å². The lowest BCUT2D eigenvalue weighted by atomic mass is 9.90. The normalized spacial score (nSPS) is 31.2. The van der Waals surface area contributed by atoms with E-state index in [1.807, 2.05) is 6.92 Å². The van der Waals surface area contributed by atoms with E-state index in [0.29, 0.717) is 5.69 Å². The van der Waals surface area contributed by atoms with Crippen molar-refractivity contribution in [3.63, 3.8) is 0 Å². The SMILES string of the molecule is C[C@H]1CC[C@@H](C(=O)N[C@H]2CCCC[C@H]2n2cc(C(C)(C)O)nn2)O1. The Morgan fingerprint density at radius 2 is 2.08 bits per heavy atom. The Morgan fingerprint density at radius 3 is 2.71 bits per heavy atom. The third-order valence-corrected chi connectivity index (χ3v) is 5.06. The first-order chi connectivity index (χ1) is 11.3. The maximum absolute atomic E-state index is 12.5. The van der Waals surface area contributed by atoms with Crippen molar-refractivity contribution in [2.45, 2.75) is 89.2 Å². The monoisotopic (exact) mass is 336 g/mol. The molecular formula is C17H28N4O3. The molecule has 7 nitrogen and oxygen atoms in total. The summed E-state index contributed by atoms with van der Waals surface area (Å²) in [7, 11) is 0. The summed E-state index contributed by atoms with van der Waals surface area (Å²) in [6.07, 6.45) is 7.42. The average molecular weight is 336 g/mol. The van der Waals surface area contributed by atoms with Gasteiger partial charge in [0.25, 0.3) is 0 Å². The fourth-order valence-corrected chi connectivity index (χ4v) is 3.59. The highest BCUT2D eigenvalue weighted by molar-refractivity contribution is 5.81. The molecule has 1 aromatic rings. The zero-order chi connectivity index (χ0) is 17.3. The van der Waals surface area contributed by atoms with Crippen molar-refractivity contribution >= 4 is 5.91 Å². The highest BCUT2D eigenvalue weighted by atomic mass is 16.5. The van der Waals surface area contributed by atoms with Gasteiger partial charge < -0.3 is 15.2 Å². The Balaban J connectivity index is 1.69. The van der Waals surface area contributed by atoms with Crippen LogP contribution in [0.15, 0.2) is 6.20 Å². The number of ether oxygens (including phenoxy) is 1. The fourth-order valence-electron chi connectivity index (χ4n) is 3.59. The predicted molar refractivity (Wildman–Crippen MR) is 88.3 cm³/mol. The summed E-state index contributed by atoms with van der Waals surface area (Å²) in [6.45, 7) is 5.39. The summed E-state index contributed by atoms with van der Waals surface area (Å²) in [5.74, 6) is -0.0147. The highest BCUT2D eigenvalue weighted by Crippen LogP contribution is 2.30. The number of nitrogens with one attached hydrogen (secondary N) is 1. The maximum Gasteiger partial charge on any atom is 0.249 e. The van der Waals surface area contributed by atoms with Gasteiger partial charge >= 0.3 is 0 Å². The van der Waals surface area contributed by atoms with Crippen molar-refractivity contribution in [3.05, 3.63) is 11.9 Å². The van der Waals surface area contributed by atoms with Gasteiger partial charge in [-0.2, -0.15) is 0 Å². The van der Waals surface area contributed by atoms with E-state index in [1.54, 1.807) is 24.7 Å². The van der Waals surface area contributed by atoms with Crippen LogP contribution in [0.1, 0.15) is 71.0 Å². The number of carbonyl (C=O) groups is 1. The number of aromatic nitrogens is 3. The van der Waals surface area contributed by atoms with E-state index in [2.05, 4.69) is 15.6 Å². The number of aliphatic hydroxyl groups is 1. The Kier molecular flexibility index (Phi) is 4.92. The van der Waals surface area contributed by atoms with E-state index in [1.165, 1.54) is 0 Å². The molecule has 0 radical (unpaired) electrons. The number of hydrogen-bond donors (Lipinski definition) is 2. The number of carbonyl (C=O) groups excluding carboxylic acids is 1. The van der Waals surface area contributed by atoms with Crippen LogP contribution in [0.4, 0.5) is 0 Å². The van der Waals surface area contributed by atoms with Gasteiger partial charge in [0, 0.05) is 0 Å².